The third-order valence-corrected chi connectivity index (χ3v) is 17.4. The Balaban J connectivity index is 1.19. The maximum absolute atomic E-state index is 14.4. The number of hydrogen-bond donors (Lipinski definition) is 3. The maximum atomic E-state index is 14.4. The minimum Gasteiger partial charge on any atom is -0.462 e. The summed E-state index contributed by atoms with van der Waals surface area (Å²) in [6.45, 7) is 7.00. The zero-order valence-corrected chi connectivity index (χ0v) is 32.6. The van der Waals surface area contributed by atoms with E-state index < -0.39 is 11.2 Å². The fraction of sp³-hybridized carbons (Fsp3) is 0.795. The second kappa shape index (κ2) is 14.3. The van der Waals surface area contributed by atoms with Gasteiger partial charge in [-0.25, -0.2) is 4.79 Å². The van der Waals surface area contributed by atoms with Crippen LogP contribution >= 0.6 is 21.6 Å². The molecule has 0 aromatic rings. The summed E-state index contributed by atoms with van der Waals surface area (Å²) in [6, 6.07) is 0.185. The first-order valence-corrected chi connectivity index (χ1v) is 22.0. The first-order chi connectivity index (χ1) is 25.0. The van der Waals surface area contributed by atoms with Gasteiger partial charge in [0.1, 0.15) is 23.6 Å². The molecular weight excluding hydrogens is 701 g/mol. The number of ether oxygens (including phenoxy) is 3. The zero-order chi connectivity index (χ0) is 36.5. The molecule has 4 N–H and O–H groups in total. The molecule has 5 aliphatic heterocycles. The molecule has 15 atom stereocenters. The Labute approximate surface area is 315 Å². The predicted octanol–water partition coefficient (Wildman–Crippen LogP) is 3.76. The lowest BCUT2D eigenvalue weighted by Gasteiger charge is -2.59. The summed E-state index contributed by atoms with van der Waals surface area (Å²) < 4.78 is 20.1. The van der Waals surface area contributed by atoms with Gasteiger partial charge in [-0.1, -0.05) is 39.3 Å². The molecule has 1 spiro atoms. The Hall–Kier alpha value is -1.90. The number of aldehydes is 1. The van der Waals surface area contributed by atoms with Gasteiger partial charge in [-0.3, -0.25) is 9.59 Å². The highest BCUT2D eigenvalue weighted by Crippen LogP contribution is 2.62. The summed E-state index contributed by atoms with van der Waals surface area (Å²) >= 11 is 0. The number of carbonyl (C=O) groups is 4. The largest absolute Gasteiger partial charge is 0.462 e. The van der Waals surface area contributed by atoms with Gasteiger partial charge in [0.2, 0.25) is 5.91 Å². The summed E-state index contributed by atoms with van der Waals surface area (Å²) in [4.78, 5) is 54.9. The van der Waals surface area contributed by atoms with E-state index in [0.717, 1.165) is 37.7 Å². The summed E-state index contributed by atoms with van der Waals surface area (Å²) in [5.74, 6) is 1.07. The van der Waals surface area contributed by atoms with E-state index in [4.69, 9.17) is 19.9 Å². The lowest BCUT2D eigenvalue weighted by atomic mass is 9.56. The van der Waals surface area contributed by atoms with Crippen molar-refractivity contribution in [1.29, 1.82) is 0 Å². The van der Waals surface area contributed by atoms with Crippen LogP contribution in [0.4, 0.5) is 0 Å². The molecule has 5 heterocycles. The number of nitrogens with zero attached hydrogens (tertiary/aromatic N) is 1. The highest BCUT2D eigenvalue weighted by Gasteiger charge is 2.68. The van der Waals surface area contributed by atoms with Crippen molar-refractivity contribution in [3.05, 3.63) is 23.3 Å². The summed E-state index contributed by atoms with van der Waals surface area (Å²) in [7, 11) is 5.59. The van der Waals surface area contributed by atoms with E-state index in [0.29, 0.717) is 56.7 Å². The molecule has 0 aromatic carbocycles. The fourth-order valence-corrected chi connectivity index (χ4v) is 14.9. The monoisotopic (exact) mass is 756 g/mol. The second-order valence-corrected chi connectivity index (χ2v) is 19.8. The minimum atomic E-state index is -0.974. The van der Waals surface area contributed by atoms with Crippen LogP contribution in [0.2, 0.25) is 0 Å². The molecule has 1 amide bonds. The fourth-order valence-electron chi connectivity index (χ4n) is 11.8. The molecule has 13 heteroatoms. The van der Waals surface area contributed by atoms with Gasteiger partial charge in [-0.05, 0) is 83.6 Å². The van der Waals surface area contributed by atoms with E-state index in [-0.39, 0.29) is 89.1 Å². The van der Waals surface area contributed by atoms with E-state index in [1.807, 2.05) is 35.6 Å². The normalized spacial score (nSPS) is 47.5. The minimum absolute atomic E-state index is 0.00338. The average Bonchev–Trinajstić information content (AvgIpc) is 3.48. The topological polar surface area (TPSA) is 149 Å². The van der Waals surface area contributed by atoms with Crippen LogP contribution in [0.15, 0.2) is 23.3 Å². The maximum Gasteiger partial charge on any atom is 0.334 e. The van der Waals surface area contributed by atoms with Gasteiger partial charge >= 0.3 is 11.9 Å². The number of fused-ring (bicyclic) bond motifs is 6. The van der Waals surface area contributed by atoms with Gasteiger partial charge < -0.3 is 40.3 Å². The Kier molecular flexibility index (Phi) is 10.2. The molecule has 286 valence electrons. The molecule has 0 bridgehead atoms. The molecule has 52 heavy (non-hydrogen) atoms. The lowest BCUT2D eigenvalue weighted by Crippen LogP contribution is -2.72. The number of nitrogens with one attached hydrogen (secondary N) is 2. The van der Waals surface area contributed by atoms with Crippen molar-refractivity contribution in [2.45, 2.75) is 125 Å². The van der Waals surface area contributed by atoms with Crippen LogP contribution in [-0.4, -0.2) is 102 Å². The second-order valence-electron chi connectivity index (χ2n) is 17.2. The van der Waals surface area contributed by atoms with Gasteiger partial charge in [0, 0.05) is 79.1 Å². The van der Waals surface area contributed by atoms with Crippen molar-refractivity contribution in [1.82, 2.24) is 15.5 Å². The van der Waals surface area contributed by atoms with E-state index in [2.05, 4.69) is 28.5 Å². The molecule has 0 aromatic heterocycles. The summed E-state index contributed by atoms with van der Waals surface area (Å²) in [5, 5.41) is 7.09. The molecule has 11 nitrogen and oxygen atoms in total. The highest BCUT2D eigenvalue weighted by molar-refractivity contribution is 8.77. The van der Waals surface area contributed by atoms with Gasteiger partial charge in [-0.15, -0.1) is 0 Å². The standard InChI is InChI=1S/C39H56N4O7S2/c1-5-20(2)37(47)50-38(3)9-8-22-19-51-52-30-11-25(18-44)35(41-4)27-17-43(36(27)30)32(45)12-24-16-42-31(40)13-26(24)34(22)39(38)15-23-10-21-6-7-33(46)48-28(21)14-29(23)49-39/h5,8,18,21,23-31,34-36,41-42H,6-7,9-17,19,40H2,1-4H3. The Bertz CT molecular complexity index is 1530. The van der Waals surface area contributed by atoms with Gasteiger partial charge in [0.25, 0.3) is 0 Å². The Morgan fingerprint density at radius 3 is 2.75 bits per heavy atom. The van der Waals surface area contributed by atoms with Crippen molar-refractivity contribution in [2.75, 3.05) is 25.9 Å². The first kappa shape index (κ1) is 37.0. The molecule has 3 aliphatic carbocycles. The van der Waals surface area contributed by atoms with Crippen molar-refractivity contribution >= 4 is 45.7 Å². The van der Waals surface area contributed by atoms with Gasteiger partial charge in [0.15, 0.2) is 0 Å². The molecule has 15 unspecified atom stereocenters. The molecule has 2 saturated carbocycles. The Morgan fingerprint density at radius 1 is 1.15 bits per heavy atom. The van der Waals surface area contributed by atoms with Crippen LogP contribution in [0.1, 0.15) is 78.6 Å². The van der Waals surface area contributed by atoms with Crippen LogP contribution in [-0.2, 0) is 33.4 Å². The Morgan fingerprint density at radius 2 is 1.98 bits per heavy atom. The third kappa shape index (κ3) is 6.11. The van der Waals surface area contributed by atoms with E-state index in [1.165, 1.54) is 5.57 Å². The molecule has 0 radical (unpaired) electrons. The first-order valence-electron chi connectivity index (χ1n) is 19.6. The van der Waals surface area contributed by atoms with Crippen molar-refractivity contribution in [2.24, 2.45) is 47.2 Å². The number of hydrogen-bond acceptors (Lipinski definition) is 12. The number of esters is 2. The number of nitrogens with two attached hydrogens (primary N) is 1. The smallest absolute Gasteiger partial charge is 0.334 e. The number of amides is 1. The summed E-state index contributed by atoms with van der Waals surface area (Å²) in [6.07, 6.45) is 10.6. The average molecular weight is 757 g/mol. The number of rotatable bonds is 4. The third-order valence-electron chi connectivity index (χ3n) is 14.6. The van der Waals surface area contributed by atoms with Crippen molar-refractivity contribution < 1.29 is 33.4 Å². The van der Waals surface area contributed by atoms with Gasteiger partial charge in [-0.2, -0.15) is 0 Å². The molecule has 8 aliphatic rings. The molecule has 8 rings (SSSR count). The zero-order valence-electron chi connectivity index (χ0n) is 30.9. The SMILES string of the molecule is CC=C(C)C(=O)OC1(C)CC=C2CSSC3CC(C=O)C(NC)C4CN(C(=O)CC5CNC(N)CC5C2C12CC1CC5CCC(=O)OC5CC1O2)C34. The number of carbonyl (C=O) groups excluding carboxylic acids is 4. The van der Waals surface area contributed by atoms with E-state index >= 15 is 0 Å². The molecule has 5 saturated heterocycles. The van der Waals surface area contributed by atoms with E-state index in [9.17, 15) is 19.2 Å². The van der Waals surface area contributed by atoms with Crippen LogP contribution < -0.4 is 16.4 Å². The summed E-state index contributed by atoms with van der Waals surface area (Å²) in [5.41, 5.74) is 6.75. The predicted molar refractivity (Wildman–Crippen MR) is 200 cm³/mol. The highest BCUT2D eigenvalue weighted by atomic mass is 33.1. The van der Waals surface area contributed by atoms with Crippen LogP contribution in [0.3, 0.4) is 0 Å². The van der Waals surface area contributed by atoms with Crippen LogP contribution in [0.25, 0.3) is 0 Å². The van der Waals surface area contributed by atoms with Crippen LogP contribution in [0, 0.1) is 41.4 Å². The number of piperidine rings is 1. The van der Waals surface area contributed by atoms with E-state index in [1.54, 1.807) is 13.0 Å². The van der Waals surface area contributed by atoms with Crippen molar-refractivity contribution in [3.63, 3.8) is 0 Å². The molecular formula is C39H56N4O7S2. The van der Waals surface area contributed by atoms with Crippen molar-refractivity contribution in [3.8, 4) is 0 Å². The quantitative estimate of drug-likeness (QED) is 0.126. The lowest BCUT2D eigenvalue weighted by molar-refractivity contribution is -0.229. The number of allylic oxidation sites excluding steroid dienone is 1. The van der Waals surface area contributed by atoms with Gasteiger partial charge in [0.05, 0.1) is 18.3 Å². The van der Waals surface area contributed by atoms with Crippen LogP contribution in [0.5, 0.6) is 0 Å². The molecule has 7 fully saturated rings.